The summed E-state index contributed by atoms with van der Waals surface area (Å²) in [6.07, 6.45) is 0. The van der Waals surface area contributed by atoms with Gasteiger partial charge in [-0.3, -0.25) is 9.59 Å². The first kappa shape index (κ1) is 21.8. The van der Waals surface area contributed by atoms with E-state index in [1.807, 2.05) is 0 Å². The number of hydrogen-bond donors (Lipinski definition) is 1. The van der Waals surface area contributed by atoms with E-state index in [0.29, 0.717) is 37.5 Å². The van der Waals surface area contributed by atoms with Crippen molar-refractivity contribution in [3.63, 3.8) is 0 Å². The van der Waals surface area contributed by atoms with Crippen LogP contribution in [0.5, 0.6) is 5.75 Å². The largest absolute Gasteiger partial charge is 0.497 e. The van der Waals surface area contributed by atoms with Gasteiger partial charge in [0.05, 0.1) is 18.0 Å². The second kappa shape index (κ2) is 9.27. The average Bonchev–Trinajstić information content (AvgIpc) is 2.78. The Morgan fingerprint density at radius 2 is 1.60 bits per heavy atom. The van der Waals surface area contributed by atoms with Crippen LogP contribution in [0.1, 0.15) is 17.3 Å². The molecule has 1 N–H and O–H groups in total. The van der Waals surface area contributed by atoms with Gasteiger partial charge in [-0.15, -0.1) is 0 Å². The minimum atomic E-state index is -3.78. The Hall–Kier alpha value is -2.91. The summed E-state index contributed by atoms with van der Waals surface area (Å²) in [5.74, 6) is 0.163. The highest BCUT2D eigenvalue weighted by Gasteiger charge is 2.29. The van der Waals surface area contributed by atoms with E-state index in [9.17, 15) is 18.0 Å². The molecule has 160 valence electrons. The Labute approximate surface area is 176 Å². The Kier molecular flexibility index (Phi) is 6.73. The fourth-order valence-electron chi connectivity index (χ4n) is 3.29. The molecular formula is C21H25N3O5S. The second-order valence-corrected chi connectivity index (χ2v) is 8.72. The lowest BCUT2D eigenvalue weighted by atomic mass is 10.1. The predicted octanol–water partition coefficient (Wildman–Crippen LogP) is 1.35. The Balaban J connectivity index is 1.57. The summed E-state index contributed by atoms with van der Waals surface area (Å²) in [6, 6.07) is 13.9. The van der Waals surface area contributed by atoms with Gasteiger partial charge in [0, 0.05) is 31.7 Å². The number of benzene rings is 2. The molecule has 1 heterocycles. The molecule has 2 aromatic rings. The lowest BCUT2D eigenvalue weighted by Crippen LogP contribution is -2.55. The fraction of sp³-hybridized carbons (Fsp3) is 0.333. The highest BCUT2D eigenvalue weighted by Crippen LogP contribution is 2.16. The number of amides is 2. The van der Waals surface area contributed by atoms with Gasteiger partial charge >= 0.3 is 0 Å². The molecular weight excluding hydrogens is 406 g/mol. The summed E-state index contributed by atoms with van der Waals surface area (Å²) in [5.41, 5.74) is 0.526. The summed E-state index contributed by atoms with van der Waals surface area (Å²) in [4.78, 5) is 28.8. The van der Waals surface area contributed by atoms with Gasteiger partial charge in [-0.1, -0.05) is 24.3 Å². The van der Waals surface area contributed by atoms with Gasteiger partial charge in [-0.25, -0.2) is 8.42 Å². The van der Waals surface area contributed by atoms with Crippen LogP contribution in [0.3, 0.4) is 0 Å². The first-order valence-electron chi connectivity index (χ1n) is 9.61. The van der Waals surface area contributed by atoms with Gasteiger partial charge in [0.2, 0.25) is 15.9 Å². The monoisotopic (exact) mass is 431 g/mol. The predicted molar refractivity (Wildman–Crippen MR) is 112 cm³/mol. The van der Waals surface area contributed by atoms with Crippen molar-refractivity contribution < 1.29 is 22.7 Å². The summed E-state index contributed by atoms with van der Waals surface area (Å²) < 4.78 is 32.5. The summed E-state index contributed by atoms with van der Waals surface area (Å²) >= 11 is 0. The van der Waals surface area contributed by atoms with Gasteiger partial charge in [-0.2, -0.15) is 4.72 Å². The van der Waals surface area contributed by atoms with Crippen LogP contribution in [0.4, 0.5) is 0 Å². The van der Waals surface area contributed by atoms with Crippen molar-refractivity contribution in [1.29, 1.82) is 0 Å². The third-order valence-corrected chi connectivity index (χ3v) is 6.51. The van der Waals surface area contributed by atoms with Crippen molar-refractivity contribution in [3.05, 3.63) is 60.2 Å². The molecule has 9 heteroatoms. The van der Waals surface area contributed by atoms with Gasteiger partial charge in [0.25, 0.3) is 5.91 Å². The summed E-state index contributed by atoms with van der Waals surface area (Å²) in [5, 5.41) is 0. The number of nitrogens with one attached hydrogen (secondary N) is 1. The minimum absolute atomic E-state index is 0.110. The highest BCUT2D eigenvalue weighted by atomic mass is 32.2. The van der Waals surface area contributed by atoms with E-state index in [4.69, 9.17) is 4.74 Å². The number of sulfonamides is 1. The molecule has 3 rings (SSSR count). The summed E-state index contributed by atoms with van der Waals surface area (Å²) in [7, 11) is -2.24. The smallest absolute Gasteiger partial charge is 0.254 e. The maximum Gasteiger partial charge on any atom is 0.254 e. The molecule has 0 aliphatic carbocycles. The first-order chi connectivity index (χ1) is 14.3. The van der Waals surface area contributed by atoms with Crippen LogP contribution in [-0.2, 0) is 14.8 Å². The van der Waals surface area contributed by atoms with E-state index >= 15 is 0 Å². The zero-order valence-electron chi connectivity index (χ0n) is 16.9. The normalized spacial score (nSPS) is 15.5. The van der Waals surface area contributed by atoms with Crippen molar-refractivity contribution in [2.45, 2.75) is 17.9 Å². The number of methoxy groups -OCH3 is 1. The minimum Gasteiger partial charge on any atom is -0.497 e. The molecule has 0 aromatic heterocycles. The van der Waals surface area contributed by atoms with E-state index < -0.39 is 16.1 Å². The first-order valence-corrected chi connectivity index (χ1v) is 11.1. The Morgan fingerprint density at radius 1 is 0.967 bits per heavy atom. The molecule has 2 aromatic carbocycles. The molecule has 0 unspecified atom stereocenters. The number of nitrogens with zero attached hydrogens (tertiary/aromatic N) is 2. The molecule has 0 radical (unpaired) electrons. The van der Waals surface area contributed by atoms with Gasteiger partial charge in [-0.05, 0) is 37.3 Å². The van der Waals surface area contributed by atoms with Crippen LogP contribution in [0.25, 0.3) is 0 Å². The average molecular weight is 432 g/mol. The van der Waals surface area contributed by atoms with Crippen molar-refractivity contribution in [3.8, 4) is 5.75 Å². The zero-order valence-corrected chi connectivity index (χ0v) is 17.8. The number of piperazine rings is 1. The van der Waals surface area contributed by atoms with Crippen molar-refractivity contribution >= 4 is 21.8 Å². The van der Waals surface area contributed by atoms with Crippen molar-refractivity contribution in [2.75, 3.05) is 33.3 Å². The number of carbonyl (C=O) groups excluding carboxylic acids is 2. The molecule has 1 fully saturated rings. The van der Waals surface area contributed by atoms with Crippen LogP contribution < -0.4 is 9.46 Å². The van der Waals surface area contributed by atoms with Crippen LogP contribution in [0.2, 0.25) is 0 Å². The van der Waals surface area contributed by atoms with E-state index in [-0.39, 0.29) is 16.7 Å². The van der Waals surface area contributed by atoms with Crippen molar-refractivity contribution in [2.24, 2.45) is 0 Å². The quantitative estimate of drug-likeness (QED) is 0.745. The Bertz CT molecular complexity index is 1000. The van der Waals surface area contributed by atoms with Crippen LogP contribution in [0, 0.1) is 0 Å². The van der Waals surface area contributed by atoms with Crippen molar-refractivity contribution in [1.82, 2.24) is 14.5 Å². The molecule has 2 amide bonds. The third-order valence-electron chi connectivity index (χ3n) is 4.95. The van der Waals surface area contributed by atoms with Gasteiger partial charge in [0.15, 0.2) is 0 Å². The topological polar surface area (TPSA) is 96.0 Å². The number of ether oxygens (including phenoxy) is 1. The second-order valence-electron chi connectivity index (χ2n) is 7.01. The number of rotatable bonds is 6. The molecule has 1 aliphatic heterocycles. The molecule has 0 spiro atoms. The highest BCUT2D eigenvalue weighted by molar-refractivity contribution is 7.89. The zero-order chi connectivity index (χ0) is 21.7. The molecule has 8 nitrogen and oxygen atoms in total. The Morgan fingerprint density at radius 3 is 2.23 bits per heavy atom. The van der Waals surface area contributed by atoms with E-state index in [1.54, 1.807) is 59.4 Å². The van der Waals surface area contributed by atoms with Gasteiger partial charge in [0.1, 0.15) is 5.75 Å². The van der Waals surface area contributed by atoms with Crippen LogP contribution >= 0.6 is 0 Å². The van der Waals surface area contributed by atoms with Crippen LogP contribution in [0.15, 0.2) is 59.5 Å². The lowest BCUT2D eigenvalue weighted by molar-refractivity contribution is -0.134. The number of hydrogen-bond acceptors (Lipinski definition) is 5. The van der Waals surface area contributed by atoms with E-state index in [1.165, 1.54) is 19.1 Å². The third kappa shape index (κ3) is 4.98. The standard InChI is InChI=1S/C21H25N3O5S/c1-16(22-30(27,28)19-9-4-3-5-10-19)20(25)23-11-13-24(14-12-23)21(26)17-7-6-8-18(15-17)29-2/h3-10,15-16,22H,11-14H2,1-2H3/t16-/m0/s1. The van der Waals surface area contributed by atoms with E-state index in [0.717, 1.165) is 0 Å². The maximum absolute atomic E-state index is 12.7. The molecule has 1 atom stereocenters. The van der Waals surface area contributed by atoms with Crippen LogP contribution in [-0.4, -0.2) is 69.4 Å². The maximum atomic E-state index is 12.7. The molecule has 1 saturated heterocycles. The van der Waals surface area contributed by atoms with E-state index in [2.05, 4.69) is 4.72 Å². The van der Waals surface area contributed by atoms with Gasteiger partial charge < -0.3 is 14.5 Å². The summed E-state index contributed by atoms with van der Waals surface area (Å²) in [6.45, 7) is 2.95. The lowest BCUT2D eigenvalue weighted by Gasteiger charge is -2.36. The number of carbonyl (C=O) groups is 2. The SMILES string of the molecule is COc1cccc(C(=O)N2CCN(C(=O)[C@H](C)NS(=O)(=O)c3ccccc3)CC2)c1. The fourth-order valence-corrected chi connectivity index (χ4v) is 4.51. The molecule has 30 heavy (non-hydrogen) atoms. The molecule has 0 bridgehead atoms. The molecule has 1 aliphatic rings. The molecule has 0 saturated carbocycles.